The molecule has 102 valence electrons. The third kappa shape index (κ3) is 2.07. The summed E-state index contributed by atoms with van der Waals surface area (Å²) in [6.07, 6.45) is 7.37. The normalized spacial score (nSPS) is 27.1. The summed E-state index contributed by atoms with van der Waals surface area (Å²) in [5.41, 5.74) is 3.99. The van der Waals surface area contributed by atoms with Crippen LogP contribution in [-0.2, 0) is 17.7 Å². The molecule has 1 aromatic rings. The maximum absolute atomic E-state index is 5.78. The van der Waals surface area contributed by atoms with E-state index in [1.54, 1.807) is 0 Å². The Morgan fingerprint density at radius 2 is 2.05 bits per heavy atom. The van der Waals surface area contributed by atoms with E-state index < -0.39 is 0 Å². The van der Waals surface area contributed by atoms with Crippen molar-refractivity contribution in [2.45, 2.75) is 57.1 Å². The standard InChI is InChI=1S/C15H21N3O/c1-3-10(4-1)14-11-9-16-7-6-12(11)17-15(18-14)13-5-2-8-19-13/h10,13,16H,1-9H2. The zero-order chi connectivity index (χ0) is 12.7. The molecule has 1 N–H and O–H groups in total. The van der Waals surface area contributed by atoms with E-state index in [1.165, 1.54) is 36.2 Å². The van der Waals surface area contributed by atoms with Crippen LogP contribution in [0.1, 0.15) is 66.9 Å². The van der Waals surface area contributed by atoms with Gasteiger partial charge in [0.15, 0.2) is 5.82 Å². The van der Waals surface area contributed by atoms with Crippen LogP contribution < -0.4 is 5.32 Å². The minimum atomic E-state index is 0.152. The Morgan fingerprint density at radius 1 is 1.11 bits per heavy atom. The number of nitrogens with zero attached hydrogens (tertiary/aromatic N) is 2. The highest BCUT2D eigenvalue weighted by Gasteiger charge is 2.30. The first kappa shape index (κ1) is 11.8. The molecule has 4 nitrogen and oxygen atoms in total. The first-order chi connectivity index (χ1) is 9.42. The van der Waals surface area contributed by atoms with Crippen molar-refractivity contribution < 1.29 is 4.74 Å². The summed E-state index contributed by atoms with van der Waals surface area (Å²) < 4.78 is 5.78. The highest BCUT2D eigenvalue weighted by Crippen LogP contribution is 2.39. The van der Waals surface area contributed by atoms with Gasteiger partial charge in [-0.2, -0.15) is 0 Å². The van der Waals surface area contributed by atoms with E-state index in [0.717, 1.165) is 44.8 Å². The van der Waals surface area contributed by atoms with Crippen molar-refractivity contribution in [3.63, 3.8) is 0 Å². The van der Waals surface area contributed by atoms with Gasteiger partial charge in [0.2, 0.25) is 0 Å². The zero-order valence-corrected chi connectivity index (χ0v) is 11.3. The first-order valence-electron chi connectivity index (χ1n) is 7.64. The number of aromatic nitrogens is 2. The van der Waals surface area contributed by atoms with Crippen molar-refractivity contribution in [2.75, 3.05) is 13.2 Å². The predicted molar refractivity (Wildman–Crippen MR) is 72.0 cm³/mol. The van der Waals surface area contributed by atoms with Crippen LogP contribution in [0.15, 0.2) is 0 Å². The minimum absolute atomic E-state index is 0.152. The summed E-state index contributed by atoms with van der Waals surface area (Å²) in [5.74, 6) is 1.64. The Morgan fingerprint density at radius 3 is 2.79 bits per heavy atom. The molecule has 0 bridgehead atoms. The van der Waals surface area contributed by atoms with Gasteiger partial charge in [0.1, 0.15) is 6.10 Å². The summed E-state index contributed by atoms with van der Waals surface area (Å²) in [5, 5.41) is 3.46. The number of nitrogens with one attached hydrogen (secondary N) is 1. The molecular formula is C15H21N3O. The molecule has 4 rings (SSSR count). The summed E-state index contributed by atoms with van der Waals surface area (Å²) in [4.78, 5) is 9.73. The Labute approximate surface area is 114 Å². The molecule has 3 aliphatic rings. The predicted octanol–water partition coefficient (Wildman–Crippen LogP) is 2.24. The number of ether oxygens (including phenoxy) is 1. The average Bonchev–Trinajstić information content (AvgIpc) is 2.90. The Kier molecular flexibility index (Phi) is 3.00. The smallest absolute Gasteiger partial charge is 0.157 e. The number of fused-ring (bicyclic) bond motifs is 1. The molecule has 4 heteroatoms. The van der Waals surface area contributed by atoms with Crippen LogP contribution in [0.4, 0.5) is 0 Å². The van der Waals surface area contributed by atoms with E-state index >= 15 is 0 Å². The molecule has 1 atom stereocenters. The number of hydrogen-bond donors (Lipinski definition) is 1. The van der Waals surface area contributed by atoms with Crippen LogP contribution in [-0.4, -0.2) is 23.1 Å². The second-order valence-electron chi connectivity index (χ2n) is 5.95. The molecule has 19 heavy (non-hydrogen) atoms. The molecule has 1 aliphatic carbocycles. The molecule has 3 heterocycles. The van der Waals surface area contributed by atoms with E-state index in [2.05, 4.69) is 5.32 Å². The summed E-state index contributed by atoms with van der Waals surface area (Å²) in [7, 11) is 0. The van der Waals surface area contributed by atoms with Gasteiger partial charge < -0.3 is 10.1 Å². The second-order valence-corrected chi connectivity index (χ2v) is 5.95. The Hall–Kier alpha value is -1.00. The molecule has 0 radical (unpaired) electrons. The molecule has 0 spiro atoms. The van der Waals surface area contributed by atoms with E-state index in [9.17, 15) is 0 Å². The molecule has 1 saturated carbocycles. The number of hydrogen-bond acceptors (Lipinski definition) is 4. The topological polar surface area (TPSA) is 47.0 Å². The van der Waals surface area contributed by atoms with Gasteiger partial charge in [0.05, 0.1) is 11.4 Å². The lowest BCUT2D eigenvalue weighted by Crippen LogP contribution is -2.29. The van der Waals surface area contributed by atoms with Gasteiger partial charge in [-0.1, -0.05) is 6.42 Å². The van der Waals surface area contributed by atoms with E-state index in [4.69, 9.17) is 14.7 Å². The van der Waals surface area contributed by atoms with Crippen LogP contribution in [0, 0.1) is 0 Å². The minimum Gasteiger partial charge on any atom is -0.370 e. The maximum atomic E-state index is 5.78. The van der Waals surface area contributed by atoms with Gasteiger partial charge in [-0.15, -0.1) is 0 Å². The second kappa shape index (κ2) is 4.84. The lowest BCUT2D eigenvalue weighted by Gasteiger charge is -2.30. The maximum Gasteiger partial charge on any atom is 0.157 e. The Balaban J connectivity index is 1.75. The van der Waals surface area contributed by atoms with Gasteiger partial charge in [-0.25, -0.2) is 9.97 Å². The number of rotatable bonds is 2. The molecule has 1 unspecified atom stereocenters. The molecule has 0 amide bonds. The van der Waals surface area contributed by atoms with Gasteiger partial charge >= 0.3 is 0 Å². The first-order valence-corrected chi connectivity index (χ1v) is 7.64. The van der Waals surface area contributed by atoms with Crippen molar-refractivity contribution >= 4 is 0 Å². The van der Waals surface area contributed by atoms with Gasteiger partial charge in [-0.05, 0) is 25.7 Å². The van der Waals surface area contributed by atoms with Gasteiger partial charge in [0.25, 0.3) is 0 Å². The summed E-state index contributed by atoms with van der Waals surface area (Å²) in [6.45, 7) is 2.86. The van der Waals surface area contributed by atoms with Gasteiger partial charge in [-0.3, -0.25) is 0 Å². The monoisotopic (exact) mass is 259 g/mol. The average molecular weight is 259 g/mol. The van der Waals surface area contributed by atoms with E-state index in [0.29, 0.717) is 5.92 Å². The summed E-state index contributed by atoms with van der Waals surface area (Å²) in [6, 6.07) is 0. The summed E-state index contributed by atoms with van der Waals surface area (Å²) >= 11 is 0. The van der Waals surface area contributed by atoms with Crippen LogP contribution >= 0.6 is 0 Å². The fourth-order valence-corrected chi connectivity index (χ4v) is 3.33. The third-order valence-electron chi connectivity index (χ3n) is 4.69. The van der Waals surface area contributed by atoms with Crippen molar-refractivity contribution in [1.82, 2.24) is 15.3 Å². The van der Waals surface area contributed by atoms with Crippen molar-refractivity contribution in [1.29, 1.82) is 0 Å². The van der Waals surface area contributed by atoms with Gasteiger partial charge in [0, 0.05) is 37.6 Å². The zero-order valence-electron chi connectivity index (χ0n) is 11.3. The molecule has 2 fully saturated rings. The lowest BCUT2D eigenvalue weighted by atomic mass is 9.80. The largest absolute Gasteiger partial charge is 0.370 e. The quantitative estimate of drug-likeness (QED) is 0.885. The fourth-order valence-electron chi connectivity index (χ4n) is 3.33. The van der Waals surface area contributed by atoms with Crippen LogP contribution in [0.25, 0.3) is 0 Å². The molecule has 2 aliphatic heterocycles. The van der Waals surface area contributed by atoms with Crippen LogP contribution in [0.5, 0.6) is 0 Å². The van der Waals surface area contributed by atoms with Crippen LogP contribution in [0.3, 0.4) is 0 Å². The molecular weight excluding hydrogens is 238 g/mol. The van der Waals surface area contributed by atoms with Crippen LogP contribution in [0.2, 0.25) is 0 Å². The SMILES string of the molecule is C1CC(c2nc(C3CCCO3)nc3c2CNCC3)C1. The lowest BCUT2D eigenvalue weighted by molar-refractivity contribution is 0.104. The highest BCUT2D eigenvalue weighted by molar-refractivity contribution is 5.32. The molecule has 1 saturated heterocycles. The Bertz CT molecular complexity index is 479. The van der Waals surface area contributed by atoms with E-state index in [1.807, 2.05) is 0 Å². The van der Waals surface area contributed by atoms with Crippen molar-refractivity contribution in [3.05, 3.63) is 22.8 Å². The van der Waals surface area contributed by atoms with Crippen molar-refractivity contribution in [2.24, 2.45) is 0 Å². The van der Waals surface area contributed by atoms with Crippen molar-refractivity contribution in [3.8, 4) is 0 Å². The third-order valence-corrected chi connectivity index (χ3v) is 4.69. The fraction of sp³-hybridized carbons (Fsp3) is 0.733. The molecule has 0 aromatic carbocycles. The van der Waals surface area contributed by atoms with E-state index in [-0.39, 0.29) is 6.10 Å². The highest BCUT2D eigenvalue weighted by atomic mass is 16.5. The molecule has 1 aromatic heterocycles.